The fraction of sp³-hybridized carbons (Fsp3) is 0.0667. The molecule has 0 radical (unpaired) electrons. The lowest BCUT2D eigenvalue weighted by atomic mass is 10.0. The fourth-order valence-electron chi connectivity index (χ4n) is 2.21. The first-order chi connectivity index (χ1) is 8.29. The molecule has 0 spiro atoms. The summed E-state index contributed by atoms with van der Waals surface area (Å²) in [5.41, 5.74) is 0. The molecule has 0 aliphatic rings. The number of methoxy groups -OCH3 is 1. The van der Waals surface area contributed by atoms with Crippen molar-refractivity contribution in [1.29, 1.82) is 0 Å². The highest BCUT2D eigenvalue weighted by Crippen LogP contribution is 2.35. The van der Waals surface area contributed by atoms with Crippen LogP contribution in [0.5, 0.6) is 5.75 Å². The van der Waals surface area contributed by atoms with Crippen molar-refractivity contribution in [3.8, 4) is 5.75 Å². The van der Waals surface area contributed by atoms with Crippen LogP contribution in [0.2, 0.25) is 0 Å². The zero-order valence-corrected chi connectivity index (χ0v) is 11.0. The summed E-state index contributed by atoms with van der Waals surface area (Å²) in [7, 11) is 1.72. The van der Waals surface area contributed by atoms with Crippen molar-refractivity contribution in [3.63, 3.8) is 0 Å². The number of benzene rings is 3. The van der Waals surface area contributed by atoms with Gasteiger partial charge in [0, 0.05) is 15.2 Å². The predicted molar refractivity (Wildman–Crippen MR) is 75.7 cm³/mol. The molecule has 0 aromatic heterocycles. The quantitative estimate of drug-likeness (QED) is 0.586. The third-order valence-electron chi connectivity index (χ3n) is 2.98. The number of halogens is 1. The van der Waals surface area contributed by atoms with Gasteiger partial charge in [0.15, 0.2) is 0 Å². The molecule has 84 valence electrons. The Hall–Kier alpha value is -1.54. The highest BCUT2D eigenvalue weighted by atomic mass is 79.9. The van der Waals surface area contributed by atoms with Crippen molar-refractivity contribution in [3.05, 3.63) is 53.0 Å². The van der Waals surface area contributed by atoms with Gasteiger partial charge in [-0.2, -0.15) is 0 Å². The van der Waals surface area contributed by atoms with Gasteiger partial charge in [0.05, 0.1) is 7.11 Å². The maximum atomic E-state index is 5.57. The highest BCUT2D eigenvalue weighted by Gasteiger charge is 2.07. The van der Waals surface area contributed by atoms with Crippen LogP contribution in [0.4, 0.5) is 0 Å². The molecule has 0 aliphatic heterocycles. The van der Waals surface area contributed by atoms with E-state index in [1.165, 1.54) is 10.8 Å². The molecule has 0 bridgehead atoms. The average molecular weight is 287 g/mol. The van der Waals surface area contributed by atoms with E-state index in [4.69, 9.17) is 4.74 Å². The van der Waals surface area contributed by atoms with Gasteiger partial charge in [-0.1, -0.05) is 46.3 Å². The summed E-state index contributed by atoms with van der Waals surface area (Å²) in [4.78, 5) is 0. The fourth-order valence-corrected chi connectivity index (χ4v) is 2.57. The zero-order chi connectivity index (χ0) is 11.8. The van der Waals surface area contributed by atoms with Crippen LogP contribution < -0.4 is 4.74 Å². The molecule has 0 unspecified atom stereocenters. The molecule has 17 heavy (non-hydrogen) atoms. The van der Waals surface area contributed by atoms with Gasteiger partial charge in [0.1, 0.15) is 5.75 Å². The first-order valence-corrected chi connectivity index (χ1v) is 6.24. The molecule has 0 saturated carbocycles. The second kappa shape index (κ2) is 4.04. The molecule has 2 heteroatoms. The topological polar surface area (TPSA) is 9.23 Å². The number of ether oxygens (including phenoxy) is 1. The molecule has 3 aromatic rings. The summed E-state index contributed by atoms with van der Waals surface area (Å²) < 4.78 is 6.64. The van der Waals surface area contributed by atoms with Crippen LogP contribution in [0, 0.1) is 0 Å². The minimum Gasteiger partial charge on any atom is -0.495 e. The first kappa shape index (κ1) is 10.6. The SMILES string of the molecule is COc1c2ccccc2cc2ccc(Br)cc12. The summed E-state index contributed by atoms with van der Waals surface area (Å²) in [6, 6.07) is 16.7. The molecule has 0 atom stereocenters. The normalized spacial score (nSPS) is 10.9. The maximum absolute atomic E-state index is 5.57. The van der Waals surface area contributed by atoms with Gasteiger partial charge in [-0.05, 0) is 29.0 Å². The van der Waals surface area contributed by atoms with Gasteiger partial charge >= 0.3 is 0 Å². The highest BCUT2D eigenvalue weighted by molar-refractivity contribution is 9.10. The van der Waals surface area contributed by atoms with E-state index in [1.807, 2.05) is 12.1 Å². The Morgan fingerprint density at radius 1 is 0.882 bits per heavy atom. The van der Waals surface area contributed by atoms with E-state index in [-0.39, 0.29) is 0 Å². The number of fused-ring (bicyclic) bond motifs is 2. The smallest absolute Gasteiger partial charge is 0.134 e. The monoisotopic (exact) mass is 286 g/mol. The third-order valence-corrected chi connectivity index (χ3v) is 3.47. The van der Waals surface area contributed by atoms with Gasteiger partial charge in [-0.3, -0.25) is 0 Å². The van der Waals surface area contributed by atoms with E-state index in [0.717, 1.165) is 21.0 Å². The molecule has 0 N–H and O–H groups in total. The standard InChI is InChI=1S/C15H11BrO/c1-17-15-13-5-3-2-4-10(13)8-11-6-7-12(16)9-14(11)15/h2-9H,1H3. The minimum absolute atomic E-state index is 0.944. The Morgan fingerprint density at radius 2 is 1.65 bits per heavy atom. The first-order valence-electron chi connectivity index (χ1n) is 5.44. The van der Waals surface area contributed by atoms with E-state index in [2.05, 4.69) is 52.3 Å². The Balaban J connectivity index is 2.54. The van der Waals surface area contributed by atoms with Crippen LogP contribution >= 0.6 is 15.9 Å². The van der Waals surface area contributed by atoms with Crippen LogP contribution in [0.1, 0.15) is 0 Å². The lowest BCUT2D eigenvalue weighted by Gasteiger charge is -2.10. The van der Waals surface area contributed by atoms with E-state index in [0.29, 0.717) is 0 Å². The second-order valence-electron chi connectivity index (χ2n) is 4.00. The Bertz CT molecular complexity index is 704. The van der Waals surface area contributed by atoms with Crippen molar-refractivity contribution >= 4 is 37.5 Å². The van der Waals surface area contributed by atoms with E-state index < -0.39 is 0 Å². The van der Waals surface area contributed by atoms with Crippen molar-refractivity contribution in [2.75, 3.05) is 7.11 Å². The van der Waals surface area contributed by atoms with Gasteiger partial charge in [-0.25, -0.2) is 0 Å². The van der Waals surface area contributed by atoms with Crippen LogP contribution in [-0.4, -0.2) is 7.11 Å². The summed E-state index contributed by atoms with van der Waals surface area (Å²) >= 11 is 3.50. The molecule has 3 aromatic carbocycles. The van der Waals surface area contributed by atoms with Gasteiger partial charge in [0.25, 0.3) is 0 Å². The lowest BCUT2D eigenvalue weighted by molar-refractivity contribution is 0.424. The van der Waals surface area contributed by atoms with E-state index in [9.17, 15) is 0 Å². The number of rotatable bonds is 1. The minimum atomic E-state index is 0.944. The van der Waals surface area contributed by atoms with Crippen LogP contribution in [0.25, 0.3) is 21.5 Å². The van der Waals surface area contributed by atoms with Crippen molar-refractivity contribution < 1.29 is 4.74 Å². The summed E-state index contributed by atoms with van der Waals surface area (Å²) in [6.45, 7) is 0. The lowest BCUT2D eigenvalue weighted by Crippen LogP contribution is -1.87. The number of hydrogen-bond acceptors (Lipinski definition) is 1. The third kappa shape index (κ3) is 1.69. The van der Waals surface area contributed by atoms with Gasteiger partial charge in [0.2, 0.25) is 0 Å². The van der Waals surface area contributed by atoms with Crippen molar-refractivity contribution in [2.45, 2.75) is 0 Å². The summed E-state index contributed by atoms with van der Waals surface area (Å²) in [6.07, 6.45) is 0. The average Bonchev–Trinajstić information content (AvgIpc) is 2.36. The molecule has 0 saturated heterocycles. The zero-order valence-electron chi connectivity index (χ0n) is 9.41. The van der Waals surface area contributed by atoms with Crippen LogP contribution in [-0.2, 0) is 0 Å². The van der Waals surface area contributed by atoms with Gasteiger partial charge < -0.3 is 4.74 Å². The largest absolute Gasteiger partial charge is 0.495 e. The Labute approximate surface area is 108 Å². The molecular formula is C15H11BrO. The summed E-state index contributed by atoms with van der Waals surface area (Å²) in [5.74, 6) is 0.944. The van der Waals surface area contributed by atoms with Crippen LogP contribution in [0.3, 0.4) is 0 Å². The van der Waals surface area contributed by atoms with E-state index in [1.54, 1.807) is 7.11 Å². The van der Waals surface area contributed by atoms with Crippen molar-refractivity contribution in [2.24, 2.45) is 0 Å². The molecular weight excluding hydrogens is 276 g/mol. The summed E-state index contributed by atoms with van der Waals surface area (Å²) in [5, 5.41) is 4.70. The molecule has 1 nitrogen and oxygen atoms in total. The van der Waals surface area contributed by atoms with Crippen LogP contribution in [0.15, 0.2) is 53.0 Å². The molecule has 0 amide bonds. The maximum Gasteiger partial charge on any atom is 0.134 e. The molecule has 0 aliphatic carbocycles. The van der Waals surface area contributed by atoms with Gasteiger partial charge in [-0.15, -0.1) is 0 Å². The Morgan fingerprint density at radius 3 is 2.47 bits per heavy atom. The van der Waals surface area contributed by atoms with Crippen molar-refractivity contribution in [1.82, 2.24) is 0 Å². The number of hydrogen-bond donors (Lipinski definition) is 0. The Kier molecular flexibility index (Phi) is 2.52. The molecule has 0 heterocycles. The molecule has 0 fully saturated rings. The molecule has 3 rings (SSSR count). The predicted octanol–water partition coefficient (Wildman–Crippen LogP) is 4.76. The second-order valence-corrected chi connectivity index (χ2v) is 4.91. The van der Waals surface area contributed by atoms with E-state index >= 15 is 0 Å².